The highest BCUT2D eigenvalue weighted by Gasteiger charge is 2.60. The van der Waals surface area contributed by atoms with Gasteiger partial charge in [-0.2, -0.15) is 13.2 Å². The van der Waals surface area contributed by atoms with Gasteiger partial charge in [-0.05, 0) is 25.3 Å². The zero-order valence-corrected chi connectivity index (χ0v) is 9.66. The number of carbonyl (C=O) groups excluding carboxylic acids is 1. The number of nitrogens with one attached hydrogen (secondary N) is 1. The SMILES string of the molecule is CC(C)CCC(=O)C1(C(F)(F)F)CCNC1. The van der Waals surface area contributed by atoms with Gasteiger partial charge in [-0.1, -0.05) is 13.8 Å². The summed E-state index contributed by atoms with van der Waals surface area (Å²) in [4.78, 5) is 11.8. The molecule has 0 amide bonds. The fourth-order valence-electron chi connectivity index (χ4n) is 1.99. The lowest BCUT2D eigenvalue weighted by Crippen LogP contribution is -2.46. The lowest BCUT2D eigenvalue weighted by atomic mass is 9.79. The molecule has 0 saturated carbocycles. The summed E-state index contributed by atoms with van der Waals surface area (Å²) in [5, 5.41) is 2.65. The number of alkyl halides is 3. The molecule has 0 spiro atoms. The molecule has 94 valence electrons. The van der Waals surface area contributed by atoms with Crippen molar-refractivity contribution in [3.8, 4) is 0 Å². The van der Waals surface area contributed by atoms with E-state index < -0.39 is 17.4 Å². The summed E-state index contributed by atoms with van der Waals surface area (Å²) in [5.74, 6) is -0.401. The van der Waals surface area contributed by atoms with Gasteiger partial charge in [0, 0.05) is 13.0 Å². The second-order valence-electron chi connectivity index (χ2n) is 4.86. The fraction of sp³-hybridized carbons (Fsp3) is 0.909. The summed E-state index contributed by atoms with van der Waals surface area (Å²) in [6, 6.07) is 0. The highest BCUT2D eigenvalue weighted by Crippen LogP contribution is 2.44. The molecule has 2 nitrogen and oxygen atoms in total. The van der Waals surface area contributed by atoms with E-state index in [4.69, 9.17) is 0 Å². The molecule has 16 heavy (non-hydrogen) atoms. The van der Waals surface area contributed by atoms with Crippen LogP contribution in [0.15, 0.2) is 0 Å². The second kappa shape index (κ2) is 4.73. The van der Waals surface area contributed by atoms with Gasteiger partial charge in [-0.3, -0.25) is 4.79 Å². The van der Waals surface area contributed by atoms with Crippen molar-refractivity contribution in [2.24, 2.45) is 11.3 Å². The molecule has 0 aromatic rings. The summed E-state index contributed by atoms with van der Waals surface area (Å²) in [6.07, 6.45) is -3.99. The highest BCUT2D eigenvalue weighted by molar-refractivity contribution is 5.86. The minimum atomic E-state index is -4.43. The minimum absolute atomic E-state index is 0.0266. The van der Waals surface area contributed by atoms with Gasteiger partial charge in [-0.15, -0.1) is 0 Å². The van der Waals surface area contributed by atoms with E-state index in [1.165, 1.54) is 0 Å². The van der Waals surface area contributed by atoms with Gasteiger partial charge in [0.2, 0.25) is 0 Å². The first-order chi connectivity index (χ1) is 7.29. The summed E-state index contributed by atoms with van der Waals surface area (Å²) in [6.45, 7) is 3.82. The van der Waals surface area contributed by atoms with Crippen LogP contribution in [0.2, 0.25) is 0 Å². The summed E-state index contributed by atoms with van der Waals surface area (Å²) in [7, 11) is 0. The zero-order chi connectivity index (χ0) is 12.4. The molecule has 0 aromatic heterocycles. The van der Waals surface area contributed by atoms with Crippen molar-refractivity contribution in [2.75, 3.05) is 13.1 Å². The van der Waals surface area contributed by atoms with Crippen molar-refractivity contribution >= 4 is 5.78 Å². The lowest BCUT2D eigenvalue weighted by Gasteiger charge is -2.29. The maximum Gasteiger partial charge on any atom is 0.402 e. The molecule has 5 heteroatoms. The first-order valence-electron chi connectivity index (χ1n) is 5.60. The van der Waals surface area contributed by atoms with E-state index in [-0.39, 0.29) is 31.8 Å². The van der Waals surface area contributed by atoms with E-state index in [1.807, 2.05) is 13.8 Å². The van der Waals surface area contributed by atoms with Crippen LogP contribution in [-0.2, 0) is 4.79 Å². The fourth-order valence-corrected chi connectivity index (χ4v) is 1.99. The average molecular weight is 237 g/mol. The van der Waals surface area contributed by atoms with Crippen LogP contribution in [0.25, 0.3) is 0 Å². The van der Waals surface area contributed by atoms with Crippen LogP contribution < -0.4 is 5.32 Å². The molecule has 1 fully saturated rings. The van der Waals surface area contributed by atoms with Gasteiger partial charge in [0.1, 0.15) is 11.2 Å². The minimum Gasteiger partial charge on any atom is -0.315 e. The lowest BCUT2D eigenvalue weighted by molar-refractivity contribution is -0.214. The van der Waals surface area contributed by atoms with Crippen molar-refractivity contribution in [2.45, 2.75) is 39.3 Å². The topological polar surface area (TPSA) is 29.1 Å². The number of ketones is 1. The third kappa shape index (κ3) is 2.56. The Morgan fingerprint density at radius 2 is 2.06 bits per heavy atom. The normalized spacial score (nSPS) is 26.4. The number of rotatable bonds is 4. The second-order valence-corrected chi connectivity index (χ2v) is 4.86. The number of hydrogen-bond acceptors (Lipinski definition) is 2. The molecule has 1 unspecified atom stereocenters. The smallest absolute Gasteiger partial charge is 0.315 e. The molecule has 1 aliphatic rings. The summed E-state index contributed by atoms with van der Waals surface area (Å²) < 4.78 is 38.8. The summed E-state index contributed by atoms with van der Waals surface area (Å²) >= 11 is 0. The van der Waals surface area contributed by atoms with Crippen LogP contribution in [0, 0.1) is 11.3 Å². The molecule has 0 aromatic carbocycles. The number of halogens is 3. The third-order valence-corrected chi connectivity index (χ3v) is 3.18. The van der Waals surface area contributed by atoms with Crippen LogP contribution in [0.4, 0.5) is 13.2 Å². The first-order valence-corrected chi connectivity index (χ1v) is 5.60. The maximum atomic E-state index is 12.9. The molecule has 0 bridgehead atoms. The number of carbonyl (C=O) groups is 1. The molecule has 1 heterocycles. The van der Waals surface area contributed by atoms with Gasteiger partial charge in [-0.25, -0.2) is 0 Å². The van der Waals surface area contributed by atoms with Crippen molar-refractivity contribution in [1.29, 1.82) is 0 Å². The molecule has 1 saturated heterocycles. The van der Waals surface area contributed by atoms with Gasteiger partial charge in [0.25, 0.3) is 0 Å². The average Bonchev–Trinajstić information content (AvgIpc) is 2.62. The Morgan fingerprint density at radius 3 is 2.44 bits per heavy atom. The van der Waals surface area contributed by atoms with E-state index in [9.17, 15) is 18.0 Å². The van der Waals surface area contributed by atoms with Gasteiger partial charge < -0.3 is 5.32 Å². The van der Waals surface area contributed by atoms with Crippen LogP contribution in [0.3, 0.4) is 0 Å². The zero-order valence-electron chi connectivity index (χ0n) is 9.66. The van der Waals surface area contributed by atoms with Crippen LogP contribution >= 0.6 is 0 Å². The van der Waals surface area contributed by atoms with Crippen LogP contribution in [-0.4, -0.2) is 25.0 Å². The van der Waals surface area contributed by atoms with Crippen LogP contribution in [0.5, 0.6) is 0 Å². The predicted octanol–water partition coefficient (Wildman–Crippen LogP) is 2.53. The molecule has 1 atom stereocenters. The third-order valence-electron chi connectivity index (χ3n) is 3.18. The van der Waals surface area contributed by atoms with Gasteiger partial charge >= 0.3 is 6.18 Å². The highest BCUT2D eigenvalue weighted by atomic mass is 19.4. The van der Waals surface area contributed by atoms with E-state index in [0.29, 0.717) is 6.42 Å². The van der Waals surface area contributed by atoms with Crippen molar-refractivity contribution in [3.63, 3.8) is 0 Å². The Bertz CT molecular complexity index is 254. The molecule has 1 N–H and O–H groups in total. The number of hydrogen-bond donors (Lipinski definition) is 1. The summed E-state index contributed by atoms with van der Waals surface area (Å²) in [5.41, 5.74) is -2.12. The molecule has 0 radical (unpaired) electrons. The predicted molar refractivity (Wildman–Crippen MR) is 55.1 cm³/mol. The number of Topliss-reactive ketones (excluding diaryl/α,β-unsaturated/α-hetero) is 1. The van der Waals surface area contributed by atoms with Gasteiger partial charge in [0.15, 0.2) is 0 Å². The molecule has 1 aliphatic heterocycles. The van der Waals surface area contributed by atoms with E-state index in [1.54, 1.807) is 0 Å². The molecule has 0 aliphatic carbocycles. The Morgan fingerprint density at radius 1 is 1.44 bits per heavy atom. The largest absolute Gasteiger partial charge is 0.402 e. The van der Waals surface area contributed by atoms with Crippen LogP contribution in [0.1, 0.15) is 33.1 Å². The maximum absolute atomic E-state index is 12.9. The Hall–Kier alpha value is -0.580. The quantitative estimate of drug-likeness (QED) is 0.814. The Labute approximate surface area is 93.6 Å². The Balaban J connectivity index is 2.74. The van der Waals surface area contributed by atoms with Crippen molar-refractivity contribution < 1.29 is 18.0 Å². The monoisotopic (exact) mass is 237 g/mol. The van der Waals surface area contributed by atoms with Crippen molar-refractivity contribution in [3.05, 3.63) is 0 Å². The first kappa shape index (κ1) is 13.5. The molecular weight excluding hydrogens is 219 g/mol. The standard InChI is InChI=1S/C11H18F3NO/c1-8(2)3-4-9(16)10(11(12,13)14)5-6-15-7-10/h8,15H,3-7H2,1-2H3. The molecular formula is C11H18F3NO. The van der Waals surface area contributed by atoms with E-state index in [2.05, 4.69) is 5.32 Å². The molecule has 1 rings (SSSR count). The van der Waals surface area contributed by atoms with E-state index >= 15 is 0 Å². The Kier molecular flexibility index (Phi) is 3.99. The van der Waals surface area contributed by atoms with E-state index in [0.717, 1.165) is 0 Å². The van der Waals surface area contributed by atoms with Crippen molar-refractivity contribution in [1.82, 2.24) is 5.32 Å². The van der Waals surface area contributed by atoms with Gasteiger partial charge in [0.05, 0.1) is 0 Å².